The van der Waals surface area contributed by atoms with Crippen LogP contribution in [-0.4, -0.2) is 51.8 Å². The largest absolute Gasteiger partial charge is 0.497 e. The molecular weight excluding hydrogens is 442 g/mol. The van der Waals surface area contributed by atoms with E-state index in [0.717, 1.165) is 11.3 Å². The topological polar surface area (TPSA) is 84.3 Å². The Kier molecular flexibility index (Phi) is 6.56. The zero-order chi connectivity index (χ0) is 23.5. The summed E-state index contributed by atoms with van der Waals surface area (Å²) in [7, 11) is 6.37. The Morgan fingerprint density at radius 1 is 0.970 bits per heavy atom. The van der Waals surface area contributed by atoms with Crippen LogP contribution < -0.4 is 23.8 Å². The van der Waals surface area contributed by atoms with Crippen molar-refractivity contribution in [3.63, 3.8) is 0 Å². The van der Waals surface area contributed by atoms with Crippen LogP contribution in [0.3, 0.4) is 0 Å². The lowest BCUT2D eigenvalue weighted by Gasteiger charge is -2.42. The fourth-order valence-electron chi connectivity index (χ4n) is 4.13. The molecule has 9 heteroatoms. The minimum Gasteiger partial charge on any atom is -0.497 e. The standard InChI is InChI=1S/C24H25N3O5S/c1-29-15-5-7-17(21(9-15)31-3)18-11-23(28)27-13-26(14-33-24(27)19(18)12-25)20-8-6-16(30-2)10-22(20)32-4/h5-10,18H,11,13-14H2,1-4H3/t18-/m0/s1. The number of fused-ring (bicyclic) bond motifs is 1. The number of amides is 1. The van der Waals surface area contributed by atoms with E-state index in [0.29, 0.717) is 46.1 Å². The van der Waals surface area contributed by atoms with Gasteiger partial charge in [0.15, 0.2) is 0 Å². The number of carbonyl (C=O) groups is 1. The van der Waals surface area contributed by atoms with Gasteiger partial charge in [-0.05, 0) is 18.2 Å². The number of thioether (sulfide) groups is 1. The maximum Gasteiger partial charge on any atom is 0.229 e. The van der Waals surface area contributed by atoms with Gasteiger partial charge < -0.3 is 23.8 Å². The molecule has 1 fully saturated rings. The summed E-state index contributed by atoms with van der Waals surface area (Å²) in [6, 6.07) is 13.4. The molecule has 0 aliphatic carbocycles. The number of ether oxygens (including phenoxy) is 4. The molecule has 1 atom stereocenters. The van der Waals surface area contributed by atoms with E-state index in [4.69, 9.17) is 18.9 Å². The molecule has 2 aliphatic rings. The van der Waals surface area contributed by atoms with Crippen LogP contribution in [0.15, 0.2) is 47.0 Å². The van der Waals surface area contributed by atoms with E-state index >= 15 is 0 Å². The highest BCUT2D eigenvalue weighted by molar-refractivity contribution is 8.03. The number of nitrogens with zero attached hydrogens (tertiary/aromatic N) is 3. The summed E-state index contributed by atoms with van der Waals surface area (Å²) >= 11 is 1.47. The predicted molar refractivity (Wildman–Crippen MR) is 126 cm³/mol. The smallest absolute Gasteiger partial charge is 0.229 e. The molecule has 0 aromatic heterocycles. The average Bonchev–Trinajstić information content (AvgIpc) is 2.87. The van der Waals surface area contributed by atoms with Gasteiger partial charge in [-0.2, -0.15) is 5.26 Å². The third-order valence-corrected chi connectivity index (χ3v) is 6.99. The van der Waals surface area contributed by atoms with Crippen LogP contribution in [0.5, 0.6) is 23.0 Å². The highest BCUT2D eigenvalue weighted by atomic mass is 32.2. The lowest BCUT2D eigenvalue weighted by atomic mass is 9.86. The summed E-state index contributed by atoms with van der Waals surface area (Å²) in [5.41, 5.74) is 2.23. The third-order valence-electron chi connectivity index (χ3n) is 5.84. The molecule has 1 amide bonds. The van der Waals surface area contributed by atoms with E-state index in [9.17, 15) is 10.1 Å². The first kappa shape index (κ1) is 22.7. The van der Waals surface area contributed by atoms with Crippen molar-refractivity contribution in [2.45, 2.75) is 12.3 Å². The zero-order valence-electron chi connectivity index (χ0n) is 19.0. The fourth-order valence-corrected chi connectivity index (χ4v) is 5.29. The lowest BCUT2D eigenvalue weighted by Crippen LogP contribution is -2.47. The Bertz CT molecular complexity index is 1140. The van der Waals surface area contributed by atoms with Gasteiger partial charge in [-0.3, -0.25) is 9.69 Å². The van der Waals surface area contributed by atoms with Gasteiger partial charge in [0.25, 0.3) is 0 Å². The van der Waals surface area contributed by atoms with Gasteiger partial charge in [0, 0.05) is 30.0 Å². The molecule has 8 nitrogen and oxygen atoms in total. The molecule has 0 radical (unpaired) electrons. The Labute approximate surface area is 197 Å². The van der Waals surface area contributed by atoms with Gasteiger partial charge in [0.2, 0.25) is 5.91 Å². The summed E-state index contributed by atoms with van der Waals surface area (Å²) in [5.74, 6) is 2.76. The average molecular weight is 468 g/mol. The number of hydrogen-bond donors (Lipinski definition) is 0. The Balaban J connectivity index is 1.68. The molecule has 0 N–H and O–H groups in total. The number of carbonyl (C=O) groups excluding carboxylic acids is 1. The Hall–Kier alpha value is -3.51. The number of nitriles is 1. The van der Waals surface area contributed by atoms with Crippen molar-refractivity contribution in [2.24, 2.45) is 0 Å². The highest BCUT2D eigenvalue weighted by Gasteiger charge is 2.39. The summed E-state index contributed by atoms with van der Waals surface area (Å²) in [5, 5.41) is 10.8. The van der Waals surface area contributed by atoms with Crippen molar-refractivity contribution >= 4 is 23.4 Å². The molecule has 2 aromatic carbocycles. The van der Waals surface area contributed by atoms with Gasteiger partial charge in [0.05, 0.1) is 63.3 Å². The second-order valence-electron chi connectivity index (χ2n) is 7.51. The Morgan fingerprint density at radius 2 is 1.64 bits per heavy atom. The zero-order valence-corrected chi connectivity index (χ0v) is 19.8. The molecule has 1 saturated heterocycles. The predicted octanol–water partition coefficient (Wildman–Crippen LogP) is 3.94. The molecule has 0 bridgehead atoms. The van der Waals surface area contributed by atoms with Crippen LogP contribution in [0.2, 0.25) is 0 Å². The van der Waals surface area contributed by atoms with Crippen molar-refractivity contribution in [1.82, 2.24) is 4.90 Å². The summed E-state index contributed by atoms with van der Waals surface area (Å²) in [6.45, 7) is 0.335. The second kappa shape index (κ2) is 9.55. The van der Waals surface area contributed by atoms with E-state index in [1.807, 2.05) is 35.2 Å². The molecule has 0 saturated carbocycles. The van der Waals surface area contributed by atoms with E-state index in [1.54, 1.807) is 39.4 Å². The molecule has 2 aliphatic heterocycles. The van der Waals surface area contributed by atoms with Crippen LogP contribution in [0, 0.1) is 11.3 Å². The number of hydrogen-bond acceptors (Lipinski definition) is 8. The normalized spacial score (nSPS) is 17.9. The molecule has 4 rings (SSSR count). The van der Waals surface area contributed by atoms with Gasteiger partial charge in [-0.25, -0.2) is 0 Å². The van der Waals surface area contributed by atoms with Gasteiger partial charge in [-0.15, -0.1) is 0 Å². The van der Waals surface area contributed by atoms with Crippen molar-refractivity contribution < 1.29 is 23.7 Å². The summed E-state index contributed by atoms with van der Waals surface area (Å²) in [6.07, 6.45) is 0.184. The molecule has 33 heavy (non-hydrogen) atoms. The van der Waals surface area contributed by atoms with Gasteiger partial charge >= 0.3 is 0 Å². The second-order valence-corrected chi connectivity index (χ2v) is 8.44. The fraction of sp³-hybridized carbons (Fsp3) is 0.333. The van der Waals surface area contributed by atoms with Crippen LogP contribution in [0.4, 0.5) is 5.69 Å². The van der Waals surface area contributed by atoms with Crippen molar-refractivity contribution in [3.05, 3.63) is 52.6 Å². The number of anilines is 1. The minimum atomic E-state index is -0.371. The number of benzene rings is 2. The van der Waals surface area contributed by atoms with Crippen LogP contribution in [0.1, 0.15) is 17.9 Å². The van der Waals surface area contributed by atoms with E-state index in [-0.39, 0.29) is 18.2 Å². The van der Waals surface area contributed by atoms with Crippen molar-refractivity contribution in [3.8, 4) is 29.1 Å². The number of methoxy groups -OCH3 is 4. The van der Waals surface area contributed by atoms with Crippen LogP contribution in [-0.2, 0) is 4.79 Å². The van der Waals surface area contributed by atoms with Crippen molar-refractivity contribution in [1.29, 1.82) is 5.26 Å². The molecule has 0 unspecified atom stereocenters. The number of allylic oxidation sites excluding steroid dienone is 1. The van der Waals surface area contributed by atoms with E-state index < -0.39 is 0 Å². The first-order chi connectivity index (χ1) is 16.0. The minimum absolute atomic E-state index is 0.0449. The monoisotopic (exact) mass is 467 g/mol. The van der Waals surface area contributed by atoms with Crippen LogP contribution in [0.25, 0.3) is 0 Å². The van der Waals surface area contributed by atoms with Crippen LogP contribution >= 0.6 is 11.8 Å². The quantitative estimate of drug-likeness (QED) is 0.632. The molecule has 2 heterocycles. The molecule has 0 spiro atoms. The SMILES string of the molecule is COc1ccc([C@@H]2CC(=O)N3CN(c4ccc(OC)cc4OC)CSC3=C2C#N)c(OC)c1. The maximum absolute atomic E-state index is 13.3. The summed E-state index contributed by atoms with van der Waals surface area (Å²) < 4.78 is 21.7. The summed E-state index contributed by atoms with van der Waals surface area (Å²) in [4.78, 5) is 17.0. The molecular formula is C24H25N3O5S. The van der Waals surface area contributed by atoms with Crippen molar-refractivity contribution in [2.75, 3.05) is 45.9 Å². The highest BCUT2D eigenvalue weighted by Crippen LogP contribution is 2.46. The molecule has 2 aromatic rings. The number of rotatable bonds is 6. The first-order valence-corrected chi connectivity index (χ1v) is 11.3. The molecule has 172 valence electrons. The third kappa shape index (κ3) is 4.14. The van der Waals surface area contributed by atoms with E-state index in [1.165, 1.54) is 11.8 Å². The van der Waals surface area contributed by atoms with Gasteiger partial charge in [0.1, 0.15) is 23.0 Å². The van der Waals surface area contributed by atoms with E-state index in [2.05, 4.69) is 6.07 Å². The first-order valence-electron chi connectivity index (χ1n) is 10.3. The lowest BCUT2D eigenvalue weighted by molar-refractivity contribution is -0.129. The maximum atomic E-state index is 13.3. The Morgan fingerprint density at radius 3 is 2.27 bits per heavy atom. The van der Waals surface area contributed by atoms with Gasteiger partial charge in [-0.1, -0.05) is 17.8 Å².